The van der Waals surface area contributed by atoms with Gasteiger partial charge in [0.15, 0.2) is 0 Å². The topological polar surface area (TPSA) is 45.9 Å². The average molecular weight is 354 g/mol. The van der Waals surface area contributed by atoms with Crippen LogP contribution < -0.4 is 4.74 Å². The molecule has 1 aromatic carbocycles. The standard InChI is InChI=1S/C21H26N2O3/c24-21(19-7-12-25-16-19)23-9-3-8-22(10-11-23)15-17-6-13-26-20-5-2-1-4-18(20)14-17/h1-2,4-5,7,12,16-17H,3,6,8-11,13-15H2/t17-/m0/s1. The van der Waals surface area contributed by atoms with E-state index in [9.17, 15) is 4.79 Å². The molecule has 5 nitrogen and oxygen atoms in total. The molecule has 5 heteroatoms. The van der Waals surface area contributed by atoms with Crippen LogP contribution in [0.15, 0.2) is 47.3 Å². The summed E-state index contributed by atoms with van der Waals surface area (Å²) in [6.45, 7) is 5.45. The molecule has 2 aliphatic heterocycles. The van der Waals surface area contributed by atoms with Gasteiger partial charge in [-0.1, -0.05) is 18.2 Å². The third kappa shape index (κ3) is 3.93. The molecular weight excluding hydrogens is 328 g/mol. The van der Waals surface area contributed by atoms with E-state index in [-0.39, 0.29) is 5.91 Å². The number of para-hydroxylation sites is 1. The second-order valence-corrected chi connectivity index (χ2v) is 7.27. The molecule has 1 atom stereocenters. The number of nitrogens with zero attached hydrogens (tertiary/aromatic N) is 2. The molecule has 4 rings (SSSR count). The van der Waals surface area contributed by atoms with E-state index < -0.39 is 0 Å². The fourth-order valence-electron chi connectivity index (χ4n) is 4.01. The number of fused-ring (bicyclic) bond motifs is 1. The maximum Gasteiger partial charge on any atom is 0.257 e. The third-order valence-electron chi connectivity index (χ3n) is 5.43. The van der Waals surface area contributed by atoms with Crippen LogP contribution in [-0.4, -0.2) is 55.0 Å². The smallest absolute Gasteiger partial charge is 0.257 e. The van der Waals surface area contributed by atoms with Gasteiger partial charge < -0.3 is 19.0 Å². The number of furan rings is 1. The molecule has 3 heterocycles. The first-order chi connectivity index (χ1) is 12.8. The number of ether oxygens (including phenoxy) is 1. The van der Waals surface area contributed by atoms with Gasteiger partial charge in [0.2, 0.25) is 0 Å². The SMILES string of the molecule is O=C(c1ccoc1)N1CCCN(C[C@H]2CCOc3ccccc3C2)CC1. The van der Waals surface area contributed by atoms with Crippen molar-refractivity contribution in [3.8, 4) is 5.75 Å². The number of hydrogen-bond acceptors (Lipinski definition) is 4. The van der Waals surface area contributed by atoms with Crippen LogP contribution in [0, 0.1) is 5.92 Å². The Morgan fingerprint density at radius 3 is 2.92 bits per heavy atom. The second kappa shape index (κ2) is 7.96. The Morgan fingerprint density at radius 1 is 1.12 bits per heavy atom. The molecule has 0 bridgehead atoms. The van der Waals surface area contributed by atoms with Crippen molar-refractivity contribution in [2.24, 2.45) is 5.92 Å². The molecule has 0 N–H and O–H groups in total. The summed E-state index contributed by atoms with van der Waals surface area (Å²) in [6, 6.07) is 10.1. The molecule has 0 aliphatic carbocycles. The van der Waals surface area contributed by atoms with Crippen LogP contribution in [-0.2, 0) is 6.42 Å². The lowest BCUT2D eigenvalue weighted by Crippen LogP contribution is -2.36. The van der Waals surface area contributed by atoms with Gasteiger partial charge >= 0.3 is 0 Å². The second-order valence-electron chi connectivity index (χ2n) is 7.27. The summed E-state index contributed by atoms with van der Waals surface area (Å²) in [4.78, 5) is 17.0. The molecule has 2 aromatic rings. The Bertz CT molecular complexity index is 729. The van der Waals surface area contributed by atoms with E-state index in [1.165, 1.54) is 11.8 Å². The molecule has 0 unspecified atom stereocenters. The highest BCUT2D eigenvalue weighted by atomic mass is 16.5. The van der Waals surface area contributed by atoms with E-state index in [0.717, 1.165) is 64.3 Å². The summed E-state index contributed by atoms with van der Waals surface area (Å²) in [5.41, 5.74) is 1.97. The molecule has 26 heavy (non-hydrogen) atoms. The molecule has 1 saturated heterocycles. The minimum atomic E-state index is 0.0809. The van der Waals surface area contributed by atoms with Crippen LogP contribution >= 0.6 is 0 Å². The molecule has 2 aliphatic rings. The first-order valence-corrected chi connectivity index (χ1v) is 9.54. The Labute approximate surface area is 154 Å². The third-order valence-corrected chi connectivity index (χ3v) is 5.43. The summed E-state index contributed by atoms with van der Waals surface area (Å²) in [7, 11) is 0. The van der Waals surface area contributed by atoms with Crippen molar-refractivity contribution in [2.75, 3.05) is 39.3 Å². The highest BCUT2D eigenvalue weighted by Gasteiger charge is 2.24. The van der Waals surface area contributed by atoms with Gasteiger partial charge in [0.25, 0.3) is 5.91 Å². The maximum atomic E-state index is 12.5. The van der Waals surface area contributed by atoms with Crippen molar-refractivity contribution >= 4 is 5.91 Å². The maximum absolute atomic E-state index is 12.5. The van der Waals surface area contributed by atoms with Crippen molar-refractivity contribution < 1.29 is 13.9 Å². The minimum absolute atomic E-state index is 0.0809. The summed E-state index contributed by atoms with van der Waals surface area (Å²) in [5.74, 6) is 1.73. The van der Waals surface area contributed by atoms with Crippen LogP contribution in [0.25, 0.3) is 0 Å². The van der Waals surface area contributed by atoms with Crippen LogP contribution in [0.2, 0.25) is 0 Å². The zero-order valence-electron chi connectivity index (χ0n) is 15.1. The molecular formula is C21H26N2O3. The number of amides is 1. The van der Waals surface area contributed by atoms with Crippen molar-refractivity contribution in [2.45, 2.75) is 19.3 Å². The normalized spacial score (nSPS) is 21.4. The monoisotopic (exact) mass is 354 g/mol. The number of carbonyl (C=O) groups is 1. The van der Waals surface area contributed by atoms with Crippen LogP contribution in [0.1, 0.15) is 28.8 Å². The molecule has 138 valence electrons. The first kappa shape index (κ1) is 17.2. The lowest BCUT2D eigenvalue weighted by atomic mass is 9.96. The lowest BCUT2D eigenvalue weighted by molar-refractivity contribution is 0.0759. The molecule has 0 spiro atoms. The van der Waals surface area contributed by atoms with Crippen molar-refractivity contribution in [3.63, 3.8) is 0 Å². The number of rotatable bonds is 3. The van der Waals surface area contributed by atoms with Crippen LogP contribution in [0.3, 0.4) is 0 Å². The average Bonchev–Trinajstić information content (AvgIpc) is 2.99. The van der Waals surface area contributed by atoms with Gasteiger partial charge in [-0.05, 0) is 49.4 Å². The van der Waals surface area contributed by atoms with E-state index in [4.69, 9.17) is 9.15 Å². The van der Waals surface area contributed by atoms with E-state index in [0.29, 0.717) is 11.5 Å². The first-order valence-electron chi connectivity index (χ1n) is 9.54. The summed E-state index contributed by atoms with van der Waals surface area (Å²) >= 11 is 0. The van der Waals surface area contributed by atoms with E-state index in [1.807, 2.05) is 11.0 Å². The van der Waals surface area contributed by atoms with Crippen LogP contribution in [0.4, 0.5) is 0 Å². The molecule has 1 amide bonds. The van der Waals surface area contributed by atoms with E-state index in [1.54, 1.807) is 12.3 Å². The summed E-state index contributed by atoms with van der Waals surface area (Å²) in [6.07, 6.45) is 6.27. The van der Waals surface area contributed by atoms with Gasteiger partial charge in [-0.25, -0.2) is 0 Å². The Hall–Kier alpha value is -2.27. The van der Waals surface area contributed by atoms with Gasteiger partial charge in [-0.3, -0.25) is 4.79 Å². The Balaban J connectivity index is 1.34. The summed E-state index contributed by atoms with van der Waals surface area (Å²) in [5, 5.41) is 0. The fraction of sp³-hybridized carbons (Fsp3) is 0.476. The quantitative estimate of drug-likeness (QED) is 0.850. The zero-order chi connectivity index (χ0) is 17.8. The summed E-state index contributed by atoms with van der Waals surface area (Å²) < 4.78 is 11.0. The molecule has 1 fully saturated rings. The number of benzene rings is 1. The Kier molecular flexibility index (Phi) is 5.25. The van der Waals surface area contributed by atoms with Gasteiger partial charge in [0.1, 0.15) is 12.0 Å². The highest BCUT2D eigenvalue weighted by Crippen LogP contribution is 2.27. The van der Waals surface area contributed by atoms with Crippen LogP contribution in [0.5, 0.6) is 5.75 Å². The zero-order valence-corrected chi connectivity index (χ0v) is 15.1. The highest BCUT2D eigenvalue weighted by molar-refractivity contribution is 5.93. The van der Waals surface area contributed by atoms with Crippen molar-refractivity contribution in [1.29, 1.82) is 0 Å². The predicted octanol–water partition coefficient (Wildman–Crippen LogP) is 3.07. The van der Waals surface area contributed by atoms with Crippen molar-refractivity contribution in [3.05, 3.63) is 54.0 Å². The van der Waals surface area contributed by atoms with Gasteiger partial charge in [-0.15, -0.1) is 0 Å². The molecule has 0 saturated carbocycles. The Morgan fingerprint density at radius 2 is 2.04 bits per heavy atom. The number of hydrogen-bond donors (Lipinski definition) is 0. The molecule has 1 aromatic heterocycles. The van der Waals surface area contributed by atoms with E-state index >= 15 is 0 Å². The van der Waals surface area contributed by atoms with E-state index in [2.05, 4.69) is 23.1 Å². The molecule has 0 radical (unpaired) electrons. The predicted molar refractivity (Wildman–Crippen MR) is 99.4 cm³/mol. The largest absolute Gasteiger partial charge is 0.493 e. The van der Waals surface area contributed by atoms with Gasteiger partial charge in [0, 0.05) is 26.2 Å². The fourth-order valence-corrected chi connectivity index (χ4v) is 4.01. The van der Waals surface area contributed by atoms with Gasteiger partial charge in [-0.2, -0.15) is 0 Å². The van der Waals surface area contributed by atoms with Gasteiger partial charge in [0.05, 0.1) is 18.4 Å². The number of carbonyl (C=O) groups excluding carboxylic acids is 1. The van der Waals surface area contributed by atoms with Crippen molar-refractivity contribution in [1.82, 2.24) is 9.80 Å². The lowest BCUT2D eigenvalue weighted by Gasteiger charge is -2.25. The minimum Gasteiger partial charge on any atom is -0.493 e.